The lowest BCUT2D eigenvalue weighted by atomic mass is 9.99. The molecule has 1 fully saturated rings. The van der Waals surface area contributed by atoms with Crippen molar-refractivity contribution in [2.24, 2.45) is 5.92 Å². The van der Waals surface area contributed by atoms with Gasteiger partial charge in [0.2, 0.25) is 0 Å². The van der Waals surface area contributed by atoms with Gasteiger partial charge < -0.3 is 10.2 Å². The number of H-pyrrole nitrogens is 1. The molecule has 2 aromatic heterocycles. The Kier molecular flexibility index (Phi) is 4.87. The van der Waals surface area contributed by atoms with Crippen molar-refractivity contribution in [1.82, 2.24) is 15.2 Å². The van der Waals surface area contributed by atoms with Crippen molar-refractivity contribution in [3.63, 3.8) is 0 Å². The number of carbonyl (C=O) groups excluding carboxylic acids is 1. The Bertz CT molecular complexity index is 896. The van der Waals surface area contributed by atoms with E-state index in [9.17, 15) is 4.79 Å². The van der Waals surface area contributed by atoms with Crippen LogP contribution in [0.15, 0.2) is 54.9 Å². The molecule has 0 bridgehead atoms. The number of nitrogens with zero attached hydrogens (tertiary/aromatic N) is 3. The number of piperidine rings is 1. The molecule has 0 spiro atoms. The molecule has 138 valence electrons. The molecule has 0 radical (unpaired) electrons. The molecule has 0 unspecified atom stereocenters. The van der Waals surface area contributed by atoms with E-state index >= 15 is 0 Å². The summed E-state index contributed by atoms with van der Waals surface area (Å²) >= 11 is 0. The van der Waals surface area contributed by atoms with Gasteiger partial charge in [0.25, 0.3) is 5.91 Å². The smallest absolute Gasteiger partial charge is 0.273 e. The summed E-state index contributed by atoms with van der Waals surface area (Å²) in [6.45, 7) is 4.50. The maximum Gasteiger partial charge on any atom is 0.273 e. The Morgan fingerprint density at radius 3 is 2.52 bits per heavy atom. The molecule has 3 heterocycles. The summed E-state index contributed by atoms with van der Waals surface area (Å²) in [5.74, 6) is 0.605. The average molecular weight is 361 g/mol. The standard InChI is InChI=1S/C21H23N5O/c1-15-8-12-26(13-9-15)18-4-2-17(3-5-18)23-21(27)20-14-19(24-25-20)16-6-10-22-11-7-16/h2-7,10-11,14-15H,8-9,12-13H2,1H3,(H,23,27)(H,24,25). The SMILES string of the molecule is CC1CCN(c2ccc(NC(=O)c3cc(-c4ccncc4)n[nH]3)cc2)CC1. The first kappa shape index (κ1) is 17.3. The molecule has 4 rings (SSSR count). The summed E-state index contributed by atoms with van der Waals surface area (Å²) in [7, 11) is 0. The van der Waals surface area contributed by atoms with Gasteiger partial charge in [-0.3, -0.25) is 14.9 Å². The average Bonchev–Trinajstić information content (AvgIpc) is 3.20. The Morgan fingerprint density at radius 1 is 1.11 bits per heavy atom. The van der Waals surface area contributed by atoms with Crippen LogP contribution >= 0.6 is 0 Å². The van der Waals surface area contributed by atoms with E-state index in [1.807, 2.05) is 24.3 Å². The Hall–Kier alpha value is -3.15. The van der Waals surface area contributed by atoms with Gasteiger partial charge in [-0.15, -0.1) is 0 Å². The number of rotatable bonds is 4. The van der Waals surface area contributed by atoms with Gasteiger partial charge in [-0.2, -0.15) is 5.10 Å². The summed E-state index contributed by atoms with van der Waals surface area (Å²) in [5.41, 5.74) is 4.05. The fraction of sp³-hybridized carbons (Fsp3) is 0.286. The Balaban J connectivity index is 1.40. The van der Waals surface area contributed by atoms with E-state index in [2.05, 4.69) is 44.5 Å². The Labute approximate surface area is 158 Å². The van der Waals surface area contributed by atoms with Crippen molar-refractivity contribution in [3.8, 4) is 11.3 Å². The lowest BCUT2D eigenvalue weighted by Gasteiger charge is -2.32. The maximum absolute atomic E-state index is 12.5. The van der Waals surface area contributed by atoms with Crippen LogP contribution in [0, 0.1) is 5.92 Å². The minimum absolute atomic E-state index is 0.206. The third kappa shape index (κ3) is 4.00. The molecule has 6 heteroatoms. The van der Waals surface area contributed by atoms with Gasteiger partial charge in [0.05, 0.1) is 5.69 Å². The van der Waals surface area contributed by atoms with Gasteiger partial charge in [-0.25, -0.2) is 0 Å². The normalized spacial score (nSPS) is 14.9. The van der Waals surface area contributed by atoms with Crippen LogP contribution < -0.4 is 10.2 Å². The summed E-state index contributed by atoms with van der Waals surface area (Å²) in [4.78, 5) is 18.9. The van der Waals surface area contributed by atoms with Crippen molar-refractivity contribution in [1.29, 1.82) is 0 Å². The highest BCUT2D eigenvalue weighted by Crippen LogP contribution is 2.24. The quantitative estimate of drug-likeness (QED) is 0.738. The number of hydrogen-bond donors (Lipinski definition) is 2. The second-order valence-electron chi connectivity index (χ2n) is 7.07. The van der Waals surface area contributed by atoms with Gasteiger partial charge in [0.15, 0.2) is 0 Å². The molecule has 1 aromatic carbocycles. The van der Waals surface area contributed by atoms with Crippen molar-refractivity contribution < 1.29 is 4.79 Å². The van der Waals surface area contributed by atoms with Gasteiger partial charge in [0.1, 0.15) is 5.69 Å². The second-order valence-corrected chi connectivity index (χ2v) is 7.07. The number of carbonyl (C=O) groups is 1. The summed E-state index contributed by atoms with van der Waals surface area (Å²) in [6.07, 6.45) is 5.87. The highest BCUT2D eigenvalue weighted by Gasteiger charge is 2.16. The van der Waals surface area contributed by atoms with E-state index in [0.717, 1.165) is 36.0 Å². The lowest BCUT2D eigenvalue weighted by Crippen LogP contribution is -2.32. The van der Waals surface area contributed by atoms with Gasteiger partial charge >= 0.3 is 0 Å². The molecule has 2 N–H and O–H groups in total. The van der Waals surface area contributed by atoms with E-state index in [0.29, 0.717) is 5.69 Å². The zero-order valence-electron chi connectivity index (χ0n) is 15.4. The van der Waals surface area contributed by atoms with Crippen LogP contribution in [0.1, 0.15) is 30.3 Å². The van der Waals surface area contributed by atoms with E-state index in [1.54, 1.807) is 18.5 Å². The van der Waals surface area contributed by atoms with Crippen LogP contribution in [0.2, 0.25) is 0 Å². The predicted octanol–water partition coefficient (Wildman–Crippen LogP) is 3.96. The van der Waals surface area contributed by atoms with E-state index < -0.39 is 0 Å². The highest BCUT2D eigenvalue weighted by molar-refractivity contribution is 6.03. The third-order valence-corrected chi connectivity index (χ3v) is 5.07. The molecule has 0 aliphatic carbocycles. The molecular formula is C21H23N5O. The van der Waals surface area contributed by atoms with Crippen LogP contribution in [0.3, 0.4) is 0 Å². The first-order chi connectivity index (χ1) is 13.2. The number of hydrogen-bond acceptors (Lipinski definition) is 4. The molecule has 0 saturated carbocycles. The van der Waals surface area contributed by atoms with E-state index in [4.69, 9.17) is 0 Å². The van der Waals surface area contributed by atoms with Gasteiger partial charge in [-0.1, -0.05) is 6.92 Å². The first-order valence-corrected chi connectivity index (χ1v) is 9.31. The van der Waals surface area contributed by atoms with Crippen molar-refractivity contribution in [2.75, 3.05) is 23.3 Å². The largest absolute Gasteiger partial charge is 0.372 e. The van der Waals surface area contributed by atoms with Crippen LogP contribution in [0.4, 0.5) is 11.4 Å². The first-order valence-electron chi connectivity index (χ1n) is 9.31. The topological polar surface area (TPSA) is 73.9 Å². The zero-order valence-corrected chi connectivity index (χ0v) is 15.4. The van der Waals surface area contributed by atoms with E-state index in [1.165, 1.54) is 18.5 Å². The molecule has 1 amide bonds. The minimum atomic E-state index is -0.206. The second kappa shape index (κ2) is 7.61. The summed E-state index contributed by atoms with van der Waals surface area (Å²) in [5, 5.41) is 9.93. The van der Waals surface area contributed by atoms with Crippen LogP contribution in [-0.4, -0.2) is 34.2 Å². The monoisotopic (exact) mass is 361 g/mol. The summed E-state index contributed by atoms with van der Waals surface area (Å²) in [6, 6.07) is 13.5. The number of benzene rings is 1. The number of anilines is 2. The summed E-state index contributed by atoms with van der Waals surface area (Å²) < 4.78 is 0. The molecule has 6 nitrogen and oxygen atoms in total. The Morgan fingerprint density at radius 2 is 1.81 bits per heavy atom. The van der Waals surface area contributed by atoms with Crippen LogP contribution in [0.5, 0.6) is 0 Å². The molecular weight excluding hydrogens is 338 g/mol. The maximum atomic E-state index is 12.5. The fourth-order valence-corrected chi connectivity index (χ4v) is 3.33. The molecule has 27 heavy (non-hydrogen) atoms. The number of amides is 1. The van der Waals surface area contributed by atoms with Gasteiger partial charge in [-0.05, 0) is 61.2 Å². The minimum Gasteiger partial charge on any atom is -0.372 e. The molecule has 1 aliphatic rings. The zero-order chi connectivity index (χ0) is 18.6. The third-order valence-electron chi connectivity index (χ3n) is 5.07. The molecule has 1 aliphatic heterocycles. The number of pyridine rings is 1. The lowest BCUT2D eigenvalue weighted by molar-refractivity contribution is 0.102. The fourth-order valence-electron chi connectivity index (χ4n) is 3.33. The molecule has 1 saturated heterocycles. The highest BCUT2D eigenvalue weighted by atomic mass is 16.1. The predicted molar refractivity (Wildman–Crippen MR) is 107 cm³/mol. The number of aromatic amines is 1. The number of aromatic nitrogens is 3. The number of nitrogens with one attached hydrogen (secondary N) is 2. The van der Waals surface area contributed by atoms with Crippen molar-refractivity contribution in [2.45, 2.75) is 19.8 Å². The van der Waals surface area contributed by atoms with Crippen molar-refractivity contribution in [3.05, 3.63) is 60.6 Å². The van der Waals surface area contributed by atoms with Crippen molar-refractivity contribution >= 4 is 17.3 Å². The van der Waals surface area contributed by atoms with Crippen LogP contribution in [0.25, 0.3) is 11.3 Å². The molecule has 3 aromatic rings. The molecule has 0 atom stereocenters. The van der Waals surface area contributed by atoms with E-state index in [-0.39, 0.29) is 5.91 Å². The van der Waals surface area contributed by atoms with Crippen LogP contribution in [-0.2, 0) is 0 Å². The van der Waals surface area contributed by atoms with Gasteiger partial charge in [0, 0.05) is 42.4 Å².